The van der Waals surface area contributed by atoms with Crippen molar-refractivity contribution in [3.05, 3.63) is 89.0 Å². The fourth-order valence-electron chi connectivity index (χ4n) is 3.57. The molecule has 0 radical (unpaired) electrons. The number of nitriles is 1. The first-order valence-corrected chi connectivity index (χ1v) is 9.66. The zero-order valence-corrected chi connectivity index (χ0v) is 16.8. The van der Waals surface area contributed by atoms with E-state index in [0.29, 0.717) is 5.56 Å². The highest BCUT2D eigenvalue weighted by molar-refractivity contribution is 6.22. The Balaban J connectivity index is 1.54. The van der Waals surface area contributed by atoms with Gasteiger partial charge in [-0.25, -0.2) is 0 Å². The molecule has 164 valence electrons. The smallest absolute Gasteiger partial charge is 0.322 e. The number of alkyl halides is 3. The fraction of sp³-hybridized carbons (Fsp3) is 0.0833. The van der Waals surface area contributed by atoms with Gasteiger partial charge >= 0.3 is 6.18 Å². The van der Waals surface area contributed by atoms with Gasteiger partial charge in [0.15, 0.2) is 0 Å². The molecule has 0 spiro atoms. The molecule has 0 aromatic heterocycles. The number of carbonyl (C=O) groups excluding carboxylic acids is 3. The third kappa shape index (κ3) is 4.06. The van der Waals surface area contributed by atoms with Crippen molar-refractivity contribution in [3.63, 3.8) is 0 Å². The number of hydrogen-bond acceptors (Lipinski definition) is 4. The number of fused-ring (bicyclic) bond motifs is 1. The summed E-state index contributed by atoms with van der Waals surface area (Å²) in [5.74, 6) is -1.75. The van der Waals surface area contributed by atoms with Crippen LogP contribution in [0.15, 0.2) is 66.7 Å². The molecule has 4 rings (SSSR count). The van der Waals surface area contributed by atoms with Crippen molar-refractivity contribution in [2.24, 2.45) is 0 Å². The number of halogens is 3. The van der Waals surface area contributed by atoms with Gasteiger partial charge in [-0.2, -0.15) is 18.4 Å². The van der Waals surface area contributed by atoms with Crippen LogP contribution in [0.25, 0.3) is 11.1 Å². The van der Waals surface area contributed by atoms with Crippen LogP contribution in [-0.4, -0.2) is 29.2 Å². The van der Waals surface area contributed by atoms with Crippen LogP contribution in [-0.2, 0) is 6.18 Å². The normalized spacial score (nSPS) is 13.0. The first kappa shape index (κ1) is 21.8. The largest absolute Gasteiger partial charge is 0.417 e. The maximum Gasteiger partial charge on any atom is 0.417 e. The molecule has 1 aliphatic rings. The van der Waals surface area contributed by atoms with Crippen molar-refractivity contribution in [3.8, 4) is 17.2 Å². The van der Waals surface area contributed by atoms with Gasteiger partial charge in [0.1, 0.15) is 6.54 Å². The molecule has 3 aromatic carbocycles. The molecule has 0 saturated carbocycles. The Bertz CT molecular complexity index is 1330. The highest BCUT2D eigenvalue weighted by atomic mass is 19.4. The highest BCUT2D eigenvalue weighted by Crippen LogP contribution is 2.37. The Morgan fingerprint density at radius 1 is 0.909 bits per heavy atom. The van der Waals surface area contributed by atoms with Gasteiger partial charge in [0, 0.05) is 11.3 Å². The van der Waals surface area contributed by atoms with Crippen molar-refractivity contribution in [1.29, 1.82) is 5.26 Å². The van der Waals surface area contributed by atoms with E-state index in [0.717, 1.165) is 11.0 Å². The van der Waals surface area contributed by atoms with Crippen molar-refractivity contribution in [1.82, 2.24) is 4.90 Å². The van der Waals surface area contributed by atoms with Gasteiger partial charge in [-0.3, -0.25) is 19.3 Å². The summed E-state index contributed by atoms with van der Waals surface area (Å²) in [7, 11) is 0. The summed E-state index contributed by atoms with van der Waals surface area (Å²) >= 11 is 0. The van der Waals surface area contributed by atoms with E-state index in [4.69, 9.17) is 5.26 Å². The second kappa shape index (κ2) is 8.24. The number of rotatable bonds is 4. The van der Waals surface area contributed by atoms with E-state index in [1.54, 1.807) is 6.07 Å². The maximum absolute atomic E-state index is 13.3. The van der Waals surface area contributed by atoms with Crippen LogP contribution in [0.1, 0.15) is 36.6 Å². The predicted octanol–water partition coefficient (Wildman–Crippen LogP) is 4.74. The molecular formula is C24H14F3N3O3. The summed E-state index contributed by atoms with van der Waals surface area (Å²) < 4.78 is 39.8. The number of nitrogens with one attached hydrogen (secondary N) is 1. The Morgan fingerprint density at radius 3 is 2.24 bits per heavy atom. The standard InChI is InChI=1S/C24H14F3N3O3/c25-24(26,27)20-4-2-1-3-17(20)14-5-7-15(8-6-14)21(31)29-16-9-10-18-19(13-16)23(33)30(12-11-28)22(18)32/h1-10,13H,12H2,(H,29,31). The Labute approximate surface area is 185 Å². The van der Waals surface area contributed by atoms with Crippen LogP contribution in [0.5, 0.6) is 0 Å². The Kier molecular flexibility index (Phi) is 5.44. The molecule has 33 heavy (non-hydrogen) atoms. The first-order chi connectivity index (χ1) is 15.7. The van der Waals surface area contributed by atoms with Gasteiger partial charge in [0.2, 0.25) is 0 Å². The van der Waals surface area contributed by atoms with Crippen LogP contribution in [0, 0.1) is 11.3 Å². The number of amides is 3. The van der Waals surface area contributed by atoms with E-state index in [2.05, 4.69) is 5.32 Å². The third-order valence-electron chi connectivity index (χ3n) is 5.15. The van der Waals surface area contributed by atoms with Gasteiger partial charge in [-0.05, 0) is 47.5 Å². The molecule has 1 aliphatic heterocycles. The lowest BCUT2D eigenvalue weighted by atomic mass is 9.98. The summed E-state index contributed by atoms with van der Waals surface area (Å²) in [5.41, 5.74) is 0.194. The number of hydrogen-bond donors (Lipinski definition) is 1. The number of nitrogens with zero attached hydrogens (tertiary/aromatic N) is 2. The Morgan fingerprint density at radius 2 is 1.58 bits per heavy atom. The molecule has 0 fully saturated rings. The number of imide groups is 1. The molecule has 0 atom stereocenters. The van der Waals surface area contributed by atoms with Crippen LogP contribution < -0.4 is 5.32 Å². The minimum atomic E-state index is -4.51. The van der Waals surface area contributed by atoms with Crippen molar-refractivity contribution < 1.29 is 27.6 Å². The predicted molar refractivity (Wildman–Crippen MR) is 112 cm³/mol. The lowest BCUT2D eigenvalue weighted by molar-refractivity contribution is -0.137. The van der Waals surface area contributed by atoms with Gasteiger partial charge in [-0.1, -0.05) is 30.3 Å². The summed E-state index contributed by atoms with van der Waals surface area (Å²) in [6, 6.07) is 16.7. The minimum absolute atomic E-state index is 0.000633. The molecule has 3 aromatic rings. The molecule has 0 saturated heterocycles. The SMILES string of the molecule is N#CCN1C(=O)c2ccc(NC(=O)c3ccc(-c4ccccc4C(F)(F)F)cc3)cc2C1=O. The zero-order chi connectivity index (χ0) is 23.8. The zero-order valence-electron chi connectivity index (χ0n) is 16.8. The quantitative estimate of drug-likeness (QED) is 0.460. The van der Waals surface area contributed by atoms with Gasteiger partial charge in [-0.15, -0.1) is 0 Å². The number of carbonyl (C=O) groups is 3. The molecule has 6 nitrogen and oxygen atoms in total. The maximum atomic E-state index is 13.3. The third-order valence-corrected chi connectivity index (χ3v) is 5.15. The van der Waals surface area contributed by atoms with Gasteiger partial charge in [0.25, 0.3) is 17.7 Å². The van der Waals surface area contributed by atoms with Gasteiger partial charge in [0.05, 0.1) is 22.8 Å². The molecule has 0 unspecified atom stereocenters. The monoisotopic (exact) mass is 449 g/mol. The molecule has 3 amide bonds. The average Bonchev–Trinajstić information content (AvgIpc) is 3.03. The van der Waals surface area contributed by atoms with E-state index < -0.39 is 29.5 Å². The van der Waals surface area contributed by atoms with Crippen molar-refractivity contribution in [2.75, 3.05) is 11.9 Å². The van der Waals surface area contributed by atoms with Crippen LogP contribution >= 0.6 is 0 Å². The first-order valence-electron chi connectivity index (χ1n) is 9.66. The molecular weight excluding hydrogens is 435 g/mol. The van der Waals surface area contributed by atoms with Crippen LogP contribution in [0.2, 0.25) is 0 Å². The minimum Gasteiger partial charge on any atom is -0.322 e. The van der Waals surface area contributed by atoms with Crippen molar-refractivity contribution in [2.45, 2.75) is 6.18 Å². The van der Waals surface area contributed by atoms with Crippen molar-refractivity contribution >= 4 is 23.4 Å². The van der Waals surface area contributed by atoms with Gasteiger partial charge < -0.3 is 5.32 Å². The van der Waals surface area contributed by atoms with Crippen LogP contribution in [0.4, 0.5) is 18.9 Å². The lowest BCUT2D eigenvalue weighted by Gasteiger charge is -2.13. The summed E-state index contributed by atoms with van der Waals surface area (Å²) in [6.45, 7) is -0.377. The summed E-state index contributed by atoms with van der Waals surface area (Å²) in [5, 5.41) is 11.4. The topological polar surface area (TPSA) is 90.3 Å². The Hall–Kier alpha value is -4.45. The lowest BCUT2D eigenvalue weighted by Crippen LogP contribution is -2.29. The number of anilines is 1. The van der Waals surface area contributed by atoms with E-state index in [1.807, 2.05) is 0 Å². The molecule has 1 N–H and O–H groups in total. The molecule has 9 heteroatoms. The highest BCUT2D eigenvalue weighted by Gasteiger charge is 2.35. The van der Waals surface area contributed by atoms with E-state index in [1.165, 1.54) is 60.7 Å². The van der Waals surface area contributed by atoms with E-state index >= 15 is 0 Å². The average molecular weight is 449 g/mol. The van der Waals surface area contributed by atoms with E-state index in [9.17, 15) is 27.6 Å². The fourth-order valence-corrected chi connectivity index (χ4v) is 3.57. The molecule has 1 heterocycles. The second-order valence-electron chi connectivity index (χ2n) is 7.19. The second-order valence-corrected chi connectivity index (χ2v) is 7.19. The number of benzene rings is 3. The van der Waals surface area contributed by atoms with E-state index in [-0.39, 0.29) is 34.5 Å². The summed E-state index contributed by atoms with van der Waals surface area (Å²) in [6.07, 6.45) is -4.51. The molecule has 0 bridgehead atoms. The summed E-state index contributed by atoms with van der Waals surface area (Å²) in [4.78, 5) is 37.9. The molecule has 0 aliphatic carbocycles. The van der Waals surface area contributed by atoms with Crippen LogP contribution in [0.3, 0.4) is 0 Å².